The molecular formula is C30H43NOS. The summed E-state index contributed by atoms with van der Waals surface area (Å²) in [5, 5.41) is 0. The zero-order chi connectivity index (χ0) is 23.5. The van der Waals surface area contributed by atoms with E-state index in [1.807, 2.05) is 11.9 Å². The summed E-state index contributed by atoms with van der Waals surface area (Å²) in [6, 6.07) is 0. The standard InChI is InChI=1S/C30H43NOS/c1-7-10-24(12-11-20(3)4)30-26-14-13-23-15-17-32-28(23)19-27(26)21(5)25(8-2)29(30)22(6)31-16-9-18-33-31/h1,11-14,21,23,25-30H,6,8-10,15-19H2,2-5H3/b24-12+/t21-,23?,25?,26?,27?,28?,29?,30-/m1/s1. The molecule has 1 saturated carbocycles. The van der Waals surface area contributed by atoms with Crippen molar-refractivity contribution in [3.05, 3.63) is 47.7 Å². The van der Waals surface area contributed by atoms with Crippen molar-refractivity contribution >= 4 is 11.9 Å². The number of rotatable bonds is 6. The molecule has 4 rings (SSSR count). The molecule has 3 fully saturated rings. The summed E-state index contributed by atoms with van der Waals surface area (Å²) in [6.45, 7) is 16.1. The first kappa shape index (κ1) is 24.7. The van der Waals surface area contributed by atoms with Gasteiger partial charge in [-0.25, -0.2) is 0 Å². The third kappa shape index (κ3) is 5.03. The fourth-order valence-electron chi connectivity index (χ4n) is 7.15. The van der Waals surface area contributed by atoms with Gasteiger partial charge >= 0.3 is 0 Å². The Hall–Kier alpha value is -1.37. The van der Waals surface area contributed by atoms with Crippen molar-refractivity contribution in [3.63, 3.8) is 0 Å². The Morgan fingerprint density at radius 1 is 1.27 bits per heavy atom. The molecule has 3 heteroatoms. The molecule has 2 heterocycles. The van der Waals surface area contributed by atoms with Crippen LogP contribution in [0.25, 0.3) is 0 Å². The smallest absolute Gasteiger partial charge is 0.0641 e. The second-order valence-electron chi connectivity index (χ2n) is 10.9. The minimum atomic E-state index is 0.392. The maximum atomic E-state index is 6.24. The van der Waals surface area contributed by atoms with Crippen LogP contribution in [0.1, 0.15) is 59.8 Å². The predicted molar refractivity (Wildman–Crippen MR) is 142 cm³/mol. The highest BCUT2D eigenvalue weighted by molar-refractivity contribution is 7.97. The third-order valence-corrected chi connectivity index (χ3v) is 9.95. The maximum absolute atomic E-state index is 6.24. The zero-order valence-corrected chi connectivity index (χ0v) is 21.9. The molecule has 0 aromatic rings. The number of ether oxygens (including phenoxy) is 1. The molecule has 0 spiro atoms. The Labute approximate surface area is 207 Å². The first-order chi connectivity index (χ1) is 16.0. The molecule has 0 amide bonds. The molecule has 33 heavy (non-hydrogen) atoms. The Kier molecular flexibility index (Phi) is 8.19. The van der Waals surface area contributed by atoms with Crippen molar-refractivity contribution in [1.29, 1.82) is 0 Å². The van der Waals surface area contributed by atoms with Gasteiger partial charge < -0.3 is 9.04 Å². The summed E-state index contributed by atoms with van der Waals surface area (Å²) in [5.41, 5.74) is 4.09. The van der Waals surface area contributed by atoms with E-state index in [0.717, 1.165) is 19.6 Å². The Morgan fingerprint density at radius 3 is 2.76 bits per heavy atom. The predicted octanol–water partition coefficient (Wildman–Crippen LogP) is 7.28. The van der Waals surface area contributed by atoms with Crippen molar-refractivity contribution in [2.24, 2.45) is 41.4 Å². The van der Waals surface area contributed by atoms with E-state index in [1.165, 1.54) is 48.3 Å². The second-order valence-corrected chi connectivity index (χ2v) is 12.0. The van der Waals surface area contributed by atoms with Crippen LogP contribution in [0, 0.1) is 53.8 Å². The van der Waals surface area contributed by atoms with Crippen LogP contribution >= 0.6 is 11.9 Å². The summed E-state index contributed by atoms with van der Waals surface area (Å²) < 4.78 is 8.76. The average Bonchev–Trinajstić information content (AvgIpc) is 3.45. The maximum Gasteiger partial charge on any atom is 0.0641 e. The third-order valence-electron chi connectivity index (χ3n) is 8.75. The van der Waals surface area contributed by atoms with E-state index in [-0.39, 0.29) is 0 Å². The number of terminal acetylenes is 1. The molecule has 2 aliphatic carbocycles. The Morgan fingerprint density at radius 2 is 2.09 bits per heavy atom. The monoisotopic (exact) mass is 465 g/mol. The van der Waals surface area contributed by atoms with E-state index in [2.05, 4.69) is 62.2 Å². The fourth-order valence-corrected chi connectivity index (χ4v) is 8.17. The number of allylic oxidation sites excluding steroid dienone is 6. The van der Waals surface area contributed by atoms with Crippen LogP contribution in [0.4, 0.5) is 0 Å². The van der Waals surface area contributed by atoms with E-state index in [4.69, 9.17) is 17.7 Å². The van der Waals surface area contributed by atoms with Crippen LogP contribution in [0.5, 0.6) is 0 Å². The molecule has 2 nitrogen and oxygen atoms in total. The van der Waals surface area contributed by atoms with Gasteiger partial charge in [-0.05, 0) is 62.7 Å². The highest BCUT2D eigenvalue weighted by Crippen LogP contribution is 2.57. The molecule has 180 valence electrons. The molecular weight excluding hydrogens is 422 g/mol. The van der Waals surface area contributed by atoms with Crippen molar-refractivity contribution < 1.29 is 4.74 Å². The van der Waals surface area contributed by atoms with Gasteiger partial charge in [0, 0.05) is 42.9 Å². The first-order valence-electron chi connectivity index (χ1n) is 13.1. The summed E-state index contributed by atoms with van der Waals surface area (Å²) in [6.07, 6.45) is 21.6. The van der Waals surface area contributed by atoms with Gasteiger partial charge in [-0.2, -0.15) is 0 Å². The van der Waals surface area contributed by atoms with Gasteiger partial charge in [-0.3, -0.25) is 0 Å². The van der Waals surface area contributed by atoms with Gasteiger partial charge in [-0.1, -0.05) is 74.2 Å². The summed E-state index contributed by atoms with van der Waals surface area (Å²) in [4.78, 5) is 0. The first-order valence-corrected chi connectivity index (χ1v) is 14.1. The van der Waals surface area contributed by atoms with E-state index in [1.54, 1.807) is 0 Å². The molecule has 0 radical (unpaired) electrons. The van der Waals surface area contributed by atoms with Crippen LogP contribution in [0.15, 0.2) is 47.7 Å². The van der Waals surface area contributed by atoms with Gasteiger partial charge in [-0.15, -0.1) is 12.3 Å². The molecule has 0 bridgehead atoms. The van der Waals surface area contributed by atoms with E-state index in [9.17, 15) is 0 Å². The minimum Gasteiger partial charge on any atom is -0.378 e. The van der Waals surface area contributed by atoms with E-state index >= 15 is 0 Å². The van der Waals surface area contributed by atoms with Crippen molar-refractivity contribution in [2.75, 3.05) is 18.9 Å². The zero-order valence-electron chi connectivity index (χ0n) is 21.1. The highest BCUT2D eigenvalue weighted by Gasteiger charge is 2.51. The second kappa shape index (κ2) is 10.9. The molecule has 0 N–H and O–H groups in total. The average molecular weight is 466 g/mol. The lowest BCUT2D eigenvalue weighted by Gasteiger charge is -2.53. The normalized spacial score (nSPS) is 38.3. The van der Waals surface area contributed by atoms with E-state index < -0.39 is 0 Å². The SMILES string of the molecule is C#CC/C(=C\C=C(C)C)[C@@H]1C2C=CC3CCOC3CC2[C@H](C)C(CC)C1C(=C)N1CCCS1. The van der Waals surface area contributed by atoms with Crippen molar-refractivity contribution in [1.82, 2.24) is 4.31 Å². The number of hydrogen-bond donors (Lipinski definition) is 0. The lowest BCUT2D eigenvalue weighted by Crippen LogP contribution is -2.48. The van der Waals surface area contributed by atoms with Gasteiger partial charge in [0.15, 0.2) is 0 Å². The minimum absolute atomic E-state index is 0.392. The fraction of sp³-hybridized carbons (Fsp3) is 0.667. The molecule has 8 atom stereocenters. The van der Waals surface area contributed by atoms with Crippen LogP contribution in [-0.2, 0) is 4.74 Å². The number of nitrogens with zero attached hydrogens (tertiary/aromatic N) is 1. The van der Waals surface area contributed by atoms with Crippen molar-refractivity contribution in [2.45, 2.75) is 65.9 Å². The van der Waals surface area contributed by atoms with Gasteiger partial charge in [0.25, 0.3) is 0 Å². The number of hydrogen-bond acceptors (Lipinski definition) is 3. The Bertz CT molecular complexity index is 838. The number of fused-ring (bicyclic) bond motifs is 2. The molecule has 0 aromatic heterocycles. The summed E-state index contributed by atoms with van der Waals surface area (Å²) >= 11 is 1.97. The van der Waals surface area contributed by atoms with Crippen LogP contribution in [0.2, 0.25) is 0 Å². The lowest BCUT2D eigenvalue weighted by molar-refractivity contribution is -0.00460. The van der Waals surface area contributed by atoms with Crippen LogP contribution < -0.4 is 0 Å². The molecule has 2 aliphatic heterocycles. The lowest BCUT2D eigenvalue weighted by atomic mass is 9.53. The Balaban J connectivity index is 1.81. The highest BCUT2D eigenvalue weighted by atomic mass is 32.2. The largest absolute Gasteiger partial charge is 0.378 e. The topological polar surface area (TPSA) is 12.5 Å². The summed E-state index contributed by atoms with van der Waals surface area (Å²) in [5.74, 6) is 8.04. The molecule has 6 unspecified atom stereocenters. The van der Waals surface area contributed by atoms with Crippen molar-refractivity contribution in [3.8, 4) is 12.3 Å². The van der Waals surface area contributed by atoms with Gasteiger partial charge in [0.05, 0.1) is 6.10 Å². The summed E-state index contributed by atoms with van der Waals surface area (Å²) in [7, 11) is 0. The van der Waals surface area contributed by atoms with Gasteiger partial charge in [0.1, 0.15) is 0 Å². The van der Waals surface area contributed by atoms with Crippen LogP contribution in [0.3, 0.4) is 0 Å². The van der Waals surface area contributed by atoms with Gasteiger partial charge in [0.2, 0.25) is 0 Å². The quantitative estimate of drug-likeness (QED) is 0.177. The molecule has 2 saturated heterocycles. The molecule has 4 aliphatic rings. The van der Waals surface area contributed by atoms with E-state index in [0.29, 0.717) is 47.5 Å². The van der Waals surface area contributed by atoms with Crippen LogP contribution in [-0.4, -0.2) is 29.3 Å². The molecule has 0 aromatic carbocycles.